The molecule has 2 aliphatic rings. The van der Waals surface area contributed by atoms with Crippen LogP contribution in [-0.4, -0.2) is 51.8 Å². The molecule has 2 aromatic rings. The van der Waals surface area contributed by atoms with Crippen LogP contribution in [0.15, 0.2) is 23.6 Å². The second-order valence-corrected chi connectivity index (χ2v) is 7.74. The smallest absolute Gasteiger partial charge is 0.246 e. The molecule has 0 saturated carbocycles. The predicted molar refractivity (Wildman–Crippen MR) is 96.1 cm³/mol. The second-order valence-electron chi connectivity index (χ2n) is 6.76. The topological polar surface area (TPSA) is 71.1 Å². The normalized spacial score (nSPS) is 26.3. The van der Waals surface area contributed by atoms with Crippen molar-refractivity contribution in [2.45, 2.75) is 25.9 Å². The highest BCUT2D eigenvalue weighted by molar-refractivity contribution is 7.10. The highest BCUT2D eigenvalue weighted by atomic mass is 32.1. The van der Waals surface area contributed by atoms with Crippen molar-refractivity contribution in [2.75, 3.05) is 19.7 Å². The Balaban J connectivity index is 1.34. The van der Waals surface area contributed by atoms with Crippen LogP contribution in [0.5, 0.6) is 0 Å². The zero-order chi connectivity index (χ0) is 17.2. The molecule has 0 bridgehead atoms. The van der Waals surface area contributed by atoms with Crippen molar-refractivity contribution in [1.29, 1.82) is 0 Å². The molecule has 0 unspecified atom stereocenters. The Kier molecular flexibility index (Phi) is 4.67. The first-order chi connectivity index (χ1) is 12.2. The van der Waals surface area contributed by atoms with Gasteiger partial charge < -0.3 is 9.64 Å². The number of piperidine rings is 1. The zero-order valence-corrected chi connectivity index (χ0v) is 15.0. The fourth-order valence-electron chi connectivity index (χ4n) is 3.80. The van der Waals surface area contributed by atoms with E-state index in [1.165, 1.54) is 0 Å². The number of hydrogen-bond donors (Lipinski definition) is 1. The Labute approximate surface area is 150 Å². The zero-order valence-electron chi connectivity index (χ0n) is 14.2. The average Bonchev–Trinajstić information content (AvgIpc) is 3.35. The Bertz CT molecular complexity index is 755. The standard InChI is InChI=1S/C18H22N4O2S/c1-12-19-17(21-20-12)9-16-15-6-7-22(10-13(15)11-24-16)18(23)5-4-14-3-2-8-25-14/h2-5,8,13,15-16H,6-7,9-11H2,1H3,(H,19,20,21)/b5-4+/t13-,15-,16+/m1/s1. The SMILES string of the molecule is Cc1nc(C[C@@H]2OC[C@H]3CN(C(=O)/C=C/c4cccs4)CC[C@H]32)n[nH]1. The Morgan fingerprint density at radius 2 is 2.48 bits per heavy atom. The number of carbonyl (C=O) groups is 1. The lowest BCUT2D eigenvalue weighted by Crippen LogP contribution is -2.44. The van der Waals surface area contributed by atoms with Crippen molar-refractivity contribution in [2.24, 2.45) is 11.8 Å². The van der Waals surface area contributed by atoms with Gasteiger partial charge in [-0.3, -0.25) is 9.89 Å². The molecule has 4 rings (SSSR count). The minimum Gasteiger partial charge on any atom is -0.377 e. The molecule has 2 fully saturated rings. The second kappa shape index (κ2) is 7.09. The molecule has 0 aromatic carbocycles. The largest absolute Gasteiger partial charge is 0.377 e. The third kappa shape index (κ3) is 3.67. The average molecular weight is 358 g/mol. The third-order valence-corrected chi connectivity index (χ3v) is 5.90. The Morgan fingerprint density at radius 1 is 1.56 bits per heavy atom. The lowest BCUT2D eigenvalue weighted by atomic mass is 9.83. The number of carbonyl (C=O) groups excluding carboxylic acids is 1. The third-order valence-electron chi connectivity index (χ3n) is 5.07. The van der Waals surface area contributed by atoms with Gasteiger partial charge in [0.1, 0.15) is 5.82 Å². The van der Waals surface area contributed by atoms with Gasteiger partial charge in [-0.2, -0.15) is 5.10 Å². The minimum atomic E-state index is 0.0971. The van der Waals surface area contributed by atoms with Gasteiger partial charge in [0.2, 0.25) is 5.91 Å². The summed E-state index contributed by atoms with van der Waals surface area (Å²) in [5, 5.41) is 9.12. The first kappa shape index (κ1) is 16.5. The molecule has 132 valence electrons. The van der Waals surface area contributed by atoms with Gasteiger partial charge in [-0.1, -0.05) is 6.07 Å². The van der Waals surface area contributed by atoms with Crippen LogP contribution < -0.4 is 0 Å². The van der Waals surface area contributed by atoms with E-state index in [1.807, 2.05) is 35.4 Å². The summed E-state index contributed by atoms with van der Waals surface area (Å²) in [5.41, 5.74) is 0. The fraction of sp³-hybridized carbons (Fsp3) is 0.500. The highest BCUT2D eigenvalue weighted by Crippen LogP contribution is 2.35. The van der Waals surface area contributed by atoms with Crippen molar-refractivity contribution in [3.05, 3.63) is 40.1 Å². The molecular weight excluding hydrogens is 336 g/mol. The molecule has 0 aliphatic carbocycles. The number of aryl methyl sites for hydroxylation is 1. The van der Waals surface area contributed by atoms with Gasteiger partial charge in [-0.15, -0.1) is 11.3 Å². The summed E-state index contributed by atoms with van der Waals surface area (Å²) in [6, 6.07) is 4.01. The number of rotatable bonds is 4. The number of H-pyrrole nitrogens is 1. The lowest BCUT2D eigenvalue weighted by Gasteiger charge is -2.35. The van der Waals surface area contributed by atoms with E-state index < -0.39 is 0 Å². The van der Waals surface area contributed by atoms with Crippen LogP contribution in [0.25, 0.3) is 6.08 Å². The molecular formula is C18H22N4O2S. The lowest BCUT2D eigenvalue weighted by molar-refractivity contribution is -0.128. The molecule has 2 aliphatic heterocycles. The molecule has 6 nitrogen and oxygen atoms in total. The molecule has 1 N–H and O–H groups in total. The van der Waals surface area contributed by atoms with E-state index in [4.69, 9.17) is 4.74 Å². The van der Waals surface area contributed by atoms with Gasteiger partial charge in [-0.25, -0.2) is 4.98 Å². The van der Waals surface area contributed by atoms with E-state index in [2.05, 4.69) is 15.2 Å². The fourth-order valence-corrected chi connectivity index (χ4v) is 4.42. The minimum absolute atomic E-state index is 0.0971. The van der Waals surface area contributed by atoms with Crippen molar-refractivity contribution < 1.29 is 9.53 Å². The summed E-state index contributed by atoms with van der Waals surface area (Å²) in [6.45, 7) is 4.20. The van der Waals surface area contributed by atoms with Gasteiger partial charge in [0.05, 0.1) is 12.7 Å². The molecule has 7 heteroatoms. The number of aromatic amines is 1. The highest BCUT2D eigenvalue weighted by Gasteiger charge is 2.41. The van der Waals surface area contributed by atoms with Crippen molar-refractivity contribution in [3.8, 4) is 0 Å². The molecule has 3 atom stereocenters. The number of nitrogens with one attached hydrogen (secondary N) is 1. The summed E-state index contributed by atoms with van der Waals surface area (Å²) in [6.07, 6.45) is 5.49. The predicted octanol–water partition coefficient (Wildman–Crippen LogP) is 2.29. The van der Waals surface area contributed by atoms with E-state index in [-0.39, 0.29) is 12.0 Å². The van der Waals surface area contributed by atoms with E-state index in [0.29, 0.717) is 11.8 Å². The van der Waals surface area contributed by atoms with E-state index in [9.17, 15) is 4.79 Å². The number of likely N-dealkylation sites (tertiary alicyclic amines) is 1. The first-order valence-corrected chi connectivity index (χ1v) is 9.57. The van der Waals surface area contributed by atoms with Gasteiger partial charge in [-0.05, 0) is 36.8 Å². The number of hydrogen-bond acceptors (Lipinski definition) is 5. The number of fused-ring (bicyclic) bond motifs is 1. The molecule has 0 radical (unpaired) electrons. The van der Waals surface area contributed by atoms with Crippen LogP contribution in [0.4, 0.5) is 0 Å². The summed E-state index contributed by atoms with van der Waals surface area (Å²) in [4.78, 5) is 19.9. The number of amides is 1. The number of thiophene rings is 1. The van der Waals surface area contributed by atoms with Crippen LogP contribution in [0.3, 0.4) is 0 Å². The molecule has 0 spiro atoms. The van der Waals surface area contributed by atoms with Gasteiger partial charge in [0, 0.05) is 36.4 Å². The van der Waals surface area contributed by atoms with Crippen LogP contribution in [-0.2, 0) is 16.0 Å². The maximum atomic E-state index is 12.4. The van der Waals surface area contributed by atoms with E-state index in [1.54, 1.807) is 17.4 Å². The maximum Gasteiger partial charge on any atom is 0.246 e. The van der Waals surface area contributed by atoms with Gasteiger partial charge in [0.15, 0.2) is 5.82 Å². The monoisotopic (exact) mass is 358 g/mol. The van der Waals surface area contributed by atoms with Crippen LogP contribution in [0.2, 0.25) is 0 Å². The van der Waals surface area contributed by atoms with Gasteiger partial charge >= 0.3 is 0 Å². The molecule has 1 amide bonds. The van der Waals surface area contributed by atoms with Crippen LogP contribution in [0, 0.1) is 18.8 Å². The molecule has 2 saturated heterocycles. The molecule has 4 heterocycles. The van der Waals surface area contributed by atoms with Crippen molar-refractivity contribution in [1.82, 2.24) is 20.1 Å². The van der Waals surface area contributed by atoms with Gasteiger partial charge in [0.25, 0.3) is 0 Å². The summed E-state index contributed by atoms with van der Waals surface area (Å²) in [7, 11) is 0. The number of aromatic nitrogens is 3. The quantitative estimate of drug-likeness (QED) is 0.852. The van der Waals surface area contributed by atoms with Crippen LogP contribution in [0.1, 0.15) is 22.9 Å². The Hall–Kier alpha value is -1.99. The molecule has 25 heavy (non-hydrogen) atoms. The Morgan fingerprint density at radius 3 is 3.24 bits per heavy atom. The summed E-state index contributed by atoms with van der Waals surface area (Å²) in [5.74, 6) is 2.66. The van der Waals surface area contributed by atoms with Crippen molar-refractivity contribution in [3.63, 3.8) is 0 Å². The van der Waals surface area contributed by atoms with E-state index >= 15 is 0 Å². The summed E-state index contributed by atoms with van der Waals surface area (Å²) < 4.78 is 6.01. The summed E-state index contributed by atoms with van der Waals surface area (Å²) >= 11 is 1.64. The number of nitrogens with zero attached hydrogens (tertiary/aromatic N) is 3. The van der Waals surface area contributed by atoms with E-state index in [0.717, 1.165) is 49.1 Å². The maximum absolute atomic E-state index is 12.4. The number of ether oxygens (including phenoxy) is 1. The van der Waals surface area contributed by atoms with Crippen molar-refractivity contribution >= 4 is 23.3 Å². The first-order valence-electron chi connectivity index (χ1n) is 8.69. The molecule has 2 aromatic heterocycles. The van der Waals surface area contributed by atoms with Crippen LogP contribution >= 0.6 is 11.3 Å².